The number of piperazine rings is 1. The minimum Gasteiger partial charge on any atom is -0.481 e. The molecule has 0 bridgehead atoms. The number of anilines is 2. The largest absolute Gasteiger partial charge is 0.481 e. The molecule has 2 aromatic heterocycles. The number of carbonyl (C=O) groups is 1. The maximum atomic E-state index is 13.7. The average Bonchev–Trinajstić information content (AvgIpc) is 3.69. The van der Waals surface area contributed by atoms with Gasteiger partial charge in [-0.1, -0.05) is 67.4 Å². The standard InChI is InChI=1S/C32H37N5O4S2/c1-22-7-3-6-10-28(22)36-17-19-37(20-18-36)43(39,40)25-13-11-24(12-14-25)26(21-23-8-4-5-9-23)30(38)35-32-33-27-15-16-29(41-2)34-31(27)42-32/h3,6-7,10-16,23,26H,4-5,8-9,17-21H2,1-2H3,(H,33,35,38). The molecule has 0 spiro atoms. The van der Waals surface area contributed by atoms with Crippen LogP contribution in [0, 0.1) is 12.8 Å². The molecule has 43 heavy (non-hydrogen) atoms. The minimum atomic E-state index is -3.65. The van der Waals surface area contributed by atoms with Crippen molar-refractivity contribution < 1.29 is 17.9 Å². The molecule has 2 aromatic carbocycles. The zero-order valence-electron chi connectivity index (χ0n) is 24.5. The molecular weight excluding hydrogens is 583 g/mol. The third-order valence-electron chi connectivity index (χ3n) is 8.64. The Balaban J connectivity index is 1.17. The minimum absolute atomic E-state index is 0.138. The van der Waals surface area contributed by atoms with Crippen molar-refractivity contribution in [1.29, 1.82) is 0 Å². The molecule has 1 saturated carbocycles. The zero-order valence-corrected chi connectivity index (χ0v) is 26.2. The Morgan fingerprint density at radius 3 is 2.42 bits per heavy atom. The van der Waals surface area contributed by atoms with Gasteiger partial charge in [0.2, 0.25) is 21.8 Å². The Bertz CT molecular complexity index is 1690. The number of aromatic nitrogens is 2. The molecule has 4 aromatic rings. The fourth-order valence-electron chi connectivity index (χ4n) is 6.24. The van der Waals surface area contributed by atoms with Gasteiger partial charge in [0.25, 0.3) is 0 Å². The van der Waals surface area contributed by atoms with E-state index in [-0.39, 0.29) is 10.8 Å². The summed E-state index contributed by atoms with van der Waals surface area (Å²) in [6, 6.07) is 18.7. The molecule has 2 fully saturated rings. The first-order valence-corrected chi connectivity index (χ1v) is 17.1. The third kappa shape index (κ3) is 6.39. The van der Waals surface area contributed by atoms with Crippen molar-refractivity contribution in [1.82, 2.24) is 14.3 Å². The molecule has 6 rings (SSSR count). The SMILES string of the molecule is COc1ccc2nc(NC(=O)C(CC3CCCC3)c3ccc(S(=O)(=O)N4CCN(c5ccccc5C)CC4)cc3)sc2n1. The van der Waals surface area contributed by atoms with Gasteiger partial charge in [-0.25, -0.2) is 18.4 Å². The van der Waals surface area contributed by atoms with Crippen LogP contribution in [0.2, 0.25) is 0 Å². The Morgan fingerprint density at radius 2 is 1.72 bits per heavy atom. The lowest BCUT2D eigenvalue weighted by atomic mass is 9.87. The van der Waals surface area contributed by atoms with Gasteiger partial charge < -0.3 is 15.0 Å². The molecule has 9 nitrogen and oxygen atoms in total. The number of para-hydroxylation sites is 1. The van der Waals surface area contributed by atoms with Gasteiger partial charge in [-0.3, -0.25) is 4.79 Å². The number of nitrogens with one attached hydrogen (secondary N) is 1. The number of amides is 1. The summed E-state index contributed by atoms with van der Waals surface area (Å²) in [5.74, 6) is 0.411. The summed E-state index contributed by atoms with van der Waals surface area (Å²) in [4.78, 5) is 25.8. The van der Waals surface area contributed by atoms with Gasteiger partial charge in [-0.05, 0) is 54.7 Å². The van der Waals surface area contributed by atoms with Crippen molar-refractivity contribution >= 4 is 48.4 Å². The molecule has 0 radical (unpaired) electrons. The number of hydrogen-bond acceptors (Lipinski definition) is 8. The first kappa shape index (κ1) is 29.5. The fourth-order valence-corrected chi connectivity index (χ4v) is 8.50. The third-order valence-corrected chi connectivity index (χ3v) is 11.4. The highest BCUT2D eigenvalue weighted by atomic mass is 32.2. The molecule has 226 valence electrons. The topological polar surface area (TPSA) is 105 Å². The molecule has 1 aliphatic heterocycles. The van der Waals surface area contributed by atoms with Crippen molar-refractivity contribution in [2.24, 2.45) is 5.92 Å². The number of fused-ring (bicyclic) bond motifs is 1. The van der Waals surface area contributed by atoms with Crippen LogP contribution >= 0.6 is 11.3 Å². The number of ether oxygens (including phenoxy) is 1. The number of carbonyl (C=O) groups excluding carboxylic acids is 1. The zero-order chi connectivity index (χ0) is 30.0. The van der Waals surface area contributed by atoms with Crippen LogP contribution in [0.25, 0.3) is 10.3 Å². The van der Waals surface area contributed by atoms with E-state index in [4.69, 9.17) is 4.74 Å². The van der Waals surface area contributed by atoms with E-state index in [1.165, 1.54) is 29.7 Å². The molecule has 1 saturated heterocycles. The predicted octanol–water partition coefficient (Wildman–Crippen LogP) is 5.82. The second-order valence-electron chi connectivity index (χ2n) is 11.4. The summed E-state index contributed by atoms with van der Waals surface area (Å²) in [7, 11) is -2.09. The highest BCUT2D eigenvalue weighted by Gasteiger charge is 2.31. The van der Waals surface area contributed by atoms with Crippen LogP contribution < -0.4 is 15.0 Å². The summed E-state index contributed by atoms with van der Waals surface area (Å²) >= 11 is 1.31. The van der Waals surface area contributed by atoms with E-state index in [1.807, 2.05) is 18.2 Å². The maximum absolute atomic E-state index is 13.7. The summed E-state index contributed by atoms with van der Waals surface area (Å²) in [5, 5.41) is 3.50. The summed E-state index contributed by atoms with van der Waals surface area (Å²) < 4.78 is 33.9. The Labute approximate surface area is 257 Å². The Hall–Kier alpha value is -3.54. The monoisotopic (exact) mass is 619 g/mol. The number of thiazole rings is 1. The van der Waals surface area contributed by atoms with Gasteiger partial charge in [-0.15, -0.1) is 0 Å². The number of benzene rings is 2. The van der Waals surface area contributed by atoms with E-state index in [0.717, 1.165) is 30.5 Å². The lowest BCUT2D eigenvalue weighted by Crippen LogP contribution is -2.48. The molecule has 1 unspecified atom stereocenters. The quantitative estimate of drug-likeness (QED) is 0.252. The smallest absolute Gasteiger partial charge is 0.243 e. The molecule has 1 atom stereocenters. The summed E-state index contributed by atoms with van der Waals surface area (Å²) in [6.45, 7) is 4.20. The predicted molar refractivity (Wildman–Crippen MR) is 171 cm³/mol. The first-order chi connectivity index (χ1) is 20.8. The lowest BCUT2D eigenvalue weighted by molar-refractivity contribution is -0.118. The van der Waals surface area contributed by atoms with E-state index in [1.54, 1.807) is 41.7 Å². The van der Waals surface area contributed by atoms with Crippen molar-refractivity contribution in [3.05, 3.63) is 71.8 Å². The number of pyridine rings is 1. The van der Waals surface area contributed by atoms with Crippen LogP contribution in [0.1, 0.15) is 49.1 Å². The van der Waals surface area contributed by atoms with Gasteiger partial charge in [0, 0.05) is 37.9 Å². The van der Waals surface area contributed by atoms with Crippen LogP contribution in [0.3, 0.4) is 0 Å². The second kappa shape index (κ2) is 12.6. The van der Waals surface area contributed by atoms with Gasteiger partial charge in [0.1, 0.15) is 10.3 Å². The Kier molecular flexibility index (Phi) is 8.65. The molecular formula is C32H37N5O4S2. The number of methoxy groups -OCH3 is 1. The van der Waals surface area contributed by atoms with Crippen LogP contribution in [0.4, 0.5) is 10.8 Å². The molecule has 1 N–H and O–H groups in total. The van der Waals surface area contributed by atoms with Crippen molar-refractivity contribution in [2.75, 3.05) is 43.5 Å². The highest BCUT2D eigenvalue weighted by molar-refractivity contribution is 7.89. The van der Waals surface area contributed by atoms with Gasteiger partial charge in [0.15, 0.2) is 5.13 Å². The summed E-state index contributed by atoms with van der Waals surface area (Å²) in [6.07, 6.45) is 5.29. The highest BCUT2D eigenvalue weighted by Crippen LogP contribution is 2.36. The van der Waals surface area contributed by atoms with E-state index >= 15 is 0 Å². The van der Waals surface area contributed by atoms with Gasteiger partial charge in [-0.2, -0.15) is 4.31 Å². The number of hydrogen-bond donors (Lipinski definition) is 1. The molecule has 1 aliphatic carbocycles. The normalized spacial score (nSPS) is 17.3. The van der Waals surface area contributed by atoms with Gasteiger partial charge in [0.05, 0.1) is 17.9 Å². The molecule has 11 heteroatoms. The first-order valence-electron chi connectivity index (χ1n) is 14.8. The number of sulfonamides is 1. The number of rotatable bonds is 9. The fraction of sp³-hybridized carbons (Fsp3) is 0.406. The van der Waals surface area contributed by atoms with Crippen LogP contribution in [0.15, 0.2) is 65.6 Å². The van der Waals surface area contributed by atoms with Gasteiger partial charge >= 0.3 is 0 Å². The lowest BCUT2D eigenvalue weighted by Gasteiger charge is -2.36. The van der Waals surface area contributed by atoms with Crippen LogP contribution in [0.5, 0.6) is 5.88 Å². The number of nitrogens with zero attached hydrogens (tertiary/aromatic N) is 4. The van der Waals surface area contributed by atoms with Crippen LogP contribution in [-0.4, -0.2) is 61.9 Å². The molecule has 1 amide bonds. The second-order valence-corrected chi connectivity index (χ2v) is 14.3. The summed E-state index contributed by atoms with van der Waals surface area (Å²) in [5.41, 5.74) is 3.85. The van der Waals surface area contributed by atoms with E-state index < -0.39 is 15.9 Å². The van der Waals surface area contributed by atoms with E-state index in [9.17, 15) is 13.2 Å². The number of aryl methyl sites for hydroxylation is 1. The van der Waals surface area contributed by atoms with E-state index in [2.05, 4.69) is 39.2 Å². The molecule has 2 aliphatic rings. The van der Waals surface area contributed by atoms with Crippen molar-refractivity contribution in [3.63, 3.8) is 0 Å². The molecule has 3 heterocycles. The average molecular weight is 620 g/mol. The Morgan fingerprint density at radius 1 is 1.00 bits per heavy atom. The maximum Gasteiger partial charge on any atom is 0.243 e. The van der Waals surface area contributed by atoms with E-state index in [0.29, 0.717) is 53.5 Å². The van der Waals surface area contributed by atoms with Crippen molar-refractivity contribution in [2.45, 2.75) is 49.8 Å². The van der Waals surface area contributed by atoms with Crippen molar-refractivity contribution in [3.8, 4) is 5.88 Å². The van der Waals surface area contributed by atoms with Crippen LogP contribution in [-0.2, 0) is 14.8 Å².